The third kappa shape index (κ3) is 6.15. The molecule has 2 atom stereocenters. The van der Waals surface area contributed by atoms with Crippen molar-refractivity contribution in [3.8, 4) is 11.1 Å². The number of aromatic nitrogens is 1. The van der Waals surface area contributed by atoms with E-state index in [1.54, 1.807) is 19.9 Å². The first kappa shape index (κ1) is 26.0. The molecule has 2 aromatic rings. The largest absolute Gasteiger partial charge is 0.462 e. The van der Waals surface area contributed by atoms with Crippen LogP contribution >= 0.6 is 0 Å². The fourth-order valence-corrected chi connectivity index (χ4v) is 3.20. The van der Waals surface area contributed by atoms with Gasteiger partial charge in [-0.3, -0.25) is 15.1 Å². The van der Waals surface area contributed by atoms with Gasteiger partial charge in [0.1, 0.15) is 5.60 Å². The first-order valence-corrected chi connectivity index (χ1v) is 11.2. The Morgan fingerprint density at radius 1 is 1.06 bits per heavy atom. The SMILES string of the molecule is CCC(C)COC(=O)c1cncc(C(=O)OC(C)(C)C(C)CC)c1-c1ccccc1[N+](=O)[O-]. The summed E-state index contributed by atoms with van der Waals surface area (Å²) in [6.07, 6.45) is 4.14. The highest BCUT2D eigenvalue weighted by atomic mass is 16.6. The standard InChI is InChI=1S/C25H32N2O6/c1-7-16(3)15-32-23(28)19-13-26-14-20(24(29)33-25(5,6)17(4)8-2)22(19)18-11-9-10-12-21(18)27(30)31/h9-14,16-17H,7-8,15H2,1-6H3. The van der Waals surface area contributed by atoms with E-state index in [0.717, 1.165) is 12.8 Å². The second kappa shape index (κ2) is 11.0. The summed E-state index contributed by atoms with van der Waals surface area (Å²) < 4.78 is 11.2. The Morgan fingerprint density at radius 3 is 2.24 bits per heavy atom. The van der Waals surface area contributed by atoms with E-state index in [1.165, 1.54) is 30.6 Å². The van der Waals surface area contributed by atoms with Gasteiger partial charge in [-0.1, -0.05) is 46.2 Å². The number of ether oxygens (including phenoxy) is 2. The van der Waals surface area contributed by atoms with Crippen LogP contribution in [0.25, 0.3) is 11.1 Å². The van der Waals surface area contributed by atoms with E-state index in [-0.39, 0.29) is 46.4 Å². The van der Waals surface area contributed by atoms with Crippen molar-refractivity contribution in [1.82, 2.24) is 4.98 Å². The molecule has 0 saturated carbocycles. The molecular formula is C25H32N2O6. The van der Waals surface area contributed by atoms with Crippen molar-refractivity contribution in [2.45, 2.75) is 60.0 Å². The number of rotatable bonds is 10. The lowest BCUT2D eigenvalue weighted by atomic mass is 9.90. The van der Waals surface area contributed by atoms with Crippen molar-refractivity contribution in [2.75, 3.05) is 6.61 Å². The summed E-state index contributed by atoms with van der Waals surface area (Å²) in [6.45, 7) is 11.7. The van der Waals surface area contributed by atoms with Crippen LogP contribution < -0.4 is 0 Å². The maximum absolute atomic E-state index is 13.3. The van der Waals surface area contributed by atoms with Crippen LogP contribution in [0.15, 0.2) is 36.7 Å². The van der Waals surface area contributed by atoms with Crippen LogP contribution in [-0.2, 0) is 9.47 Å². The minimum absolute atomic E-state index is 0.0246. The molecule has 2 rings (SSSR count). The molecule has 0 aliphatic heterocycles. The average molecular weight is 457 g/mol. The molecular weight excluding hydrogens is 424 g/mol. The summed E-state index contributed by atoms with van der Waals surface area (Å²) in [4.78, 5) is 41.5. The van der Waals surface area contributed by atoms with Crippen LogP contribution in [-0.4, -0.2) is 34.1 Å². The monoisotopic (exact) mass is 456 g/mol. The Bertz CT molecular complexity index is 1020. The van der Waals surface area contributed by atoms with E-state index in [2.05, 4.69) is 4.98 Å². The van der Waals surface area contributed by atoms with Crippen LogP contribution in [0.4, 0.5) is 5.69 Å². The van der Waals surface area contributed by atoms with E-state index in [1.807, 2.05) is 27.7 Å². The number of nitro groups is 1. The molecule has 178 valence electrons. The maximum atomic E-state index is 13.3. The van der Waals surface area contributed by atoms with Gasteiger partial charge < -0.3 is 9.47 Å². The van der Waals surface area contributed by atoms with E-state index < -0.39 is 22.5 Å². The lowest BCUT2D eigenvalue weighted by Crippen LogP contribution is -2.35. The van der Waals surface area contributed by atoms with Gasteiger partial charge in [-0.25, -0.2) is 9.59 Å². The predicted molar refractivity (Wildman–Crippen MR) is 125 cm³/mol. The van der Waals surface area contributed by atoms with Crippen molar-refractivity contribution in [1.29, 1.82) is 0 Å². The molecule has 0 radical (unpaired) electrons. The highest BCUT2D eigenvalue weighted by Gasteiger charge is 2.33. The van der Waals surface area contributed by atoms with E-state index >= 15 is 0 Å². The number of hydrogen-bond acceptors (Lipinski definition) is 7. The van der Waals surface area contributed by atoms with Gasteiger partial charge in [-0.15, -0.1) is 0 Å². The fraction of sp³-hybridized carbons (Fsp3) is 0.480. The molecule has 0 N–H and O–H groups in total. The molecule has 0 amide bonds. The number of pyridine rings is 1. The van der Waals surface area contributed by atoms with Gasteiger partial charge in [0.25, 0.3) is 5.69 Å². The number of nitro benzene ring substituents is 1. The predicted octanol–water partition coefficient (Wildman–Crippen LogP) is 5.84. The zero-order valence-electron chi connectivity index (χ0n) is 20.1. The molecule has 0 saturated heterocycles. The molecule has 1 heterocycles. The van der Waals surface area contributed by atoms with Crippen LogP contribution in [0.5, 0.6) is 0 Å². The highest BCUT2D eigenvalue weighted by Crippen LogP contribution is 2.36. The number of carbonyl (C=O) groups is 2. The summed E-state index contributed by atoms with van der Waals surface area (Å²) in [5.41, 5.74) is -0.888. The second-order valence-electron chi connectivity index (χ2n) is 8.80. The Labute approximate surface area is 194 Å². The quantitative estimate of drug-likeness (QED) is 0.251. The van der Waals surface area contributed by atoms with E-state index in [0.29, 0.717) is 0 Å². The summed E-state index contributed by atoms with van der Waals surface area (Å²) in [7, 11) is 0. The summed E-state index contributed by atoms with van der Waals surface area (Å²) in [5, 5.41) is 11.7. The number of hydrogen-bond donors (Lipinski definition) is 0. The zero-order chi connectivity index (χ0) is 24.8. The number of benzene rings is 1. The highest BCUT2D eigenvalue weighted by molar-refractivity contribution is 6.06. The van der Waals surface area contributed by atoms with Crippen molar-refractivity contribution in [3.05, 3.63) is 57.9 Å². The second-order valence-corrected chi connectivity index (χ2v) is 8.80. The van der Waals surface area contributed by atoms with Gasteiger partial charge in [-0.2, -0.15) is 0 Å². The Morgan fingerprint density at radius 2 is 1.67 bits per heavy atom. The molecule has 0 spiro atoms. The number of esters is 2. The zero-order valence-corrected chi connectivity index (χ0v) is 20.1. The first-order valence-electron chi connectivity index (χ1n) is 11.2. The Hall–Kier alpha value is -3.29. The summed E-state index contributed by atoms with van der Waals surface area (Å²) in [5.74, 6) is -1.21. The van der Waals surface area contributed by atoms with Crippen molar-refractivity contribution < 1.29 is 24.0 Å². The van der Waals surface area contributed by atoms with Gasteiger partial charge in [0.05, 0.1) is 28.2 Å². The number of carbonyl (C=O) groups excluding carboxylic acids is 2. The van der Waals surface area contributed by atoms with Crippen molar-refractivity contribution in [3.63, 3.8) is 0 Å². The topological polar surface area (TPSA) is 109 Å². The van der Waals surface area contributed by atoms with Crippen molar-refractivity contribution in [2.24, 2.45) is 11.8 Å². The van der Waals surface area contributed by atoms with Crippen LogP contribution in [0, 0.1) is 22.0 Å². The van der Waals surface area contributed by atoms with Crippen LogP contribution in [0.3, 0.4) is 0 Å². The molecule has 0 bridgehead atoms. The van der Waals surface area contributed by atoms with Crippen molar-refractivity contribution >= 4 is 17.6 Å². The molecule has 8 heteroatoms. The molecule has 1 aromatic carbocycles. The van der Waals surface area contributed by atoms with Gasteiger partial charge in [-0.05, 0) is 38.2 Å². The third-order valence-electron chi connectivity index (χ3n) is 6.11. The number of nitrogens with zero attached hydrogens (tertiary/aromatic N) is 2. The van der Waals surface area contributed by atoms with E-state index in [9.17, 15) is 19.7 Å². The first-order chi connectivity index (χ1) is 15.5. The summed E-state index contributed by atoms with van der Waals surface area (Å²) >= 11 is 0. The summed E-state index contributed by atoms with van der Waals surface area (Å²) in [6, 6.07) is 5.95. The Balaban J connectivity index is 2.65. The molecule has 0 aliphatic rings. The smallest absolute Gasteiger partial charge is 0.340 e. The third-order valence-corrected chi connectivity index (χ3v) is 6.11. The molecule has 33 heavy (non-hydrogen) atoms. The van der Waals surface area contributed by atoms with Gasteiger partial charge >= 0.3 is 11.9 Å². The van der Waals surface area contributed by atoms with Gasteiger partial charge in [0.2, 0.25) is 0 Å². The molecule has 8 nitrogen and oxygen atoms in total. The van der Waals surface area contributed by atoms with Crippen LogP contribution in [0.2, 0.25) is 0 Å². The maximum Gasteiger partial charge on any atom is 0.340 e. The van der Waals surface area contributed by atoms with Gasteiger partial charge in [0, 0.05) is 24.0 Å². The minimum Gasteiger partial charge on any atom is -0.462 e. The molecule has 0 aliphatic carbocycles. The molecule has 0 fully saturated rings. The average Bonchev–Trinajstić information content (AvgIpc) is 2.80. The van der Waals surface area contributed by atoms with Crippen LogP contribution in [0.1, 0.15) is 75.1 Å². The van der Waals surface area contributed by atoms with Gasteiger partial charge in [0.15, 0.2) is 0 Å². The lowest BCUT2D eigenvalue weighted by molar-refractivity contribution is -0.384. The Kier molecular flexibility index (Phi) is 8.68. The minimum atomic E-state index is -0.793. The lowest BCUT2D eigenvalue weighted by Gasteiger charge is -2.31. The normalized spacial score (nSPS) is 13.2. The number of para-hydroxylation sites is 1. The van der Waals surface area contributed by atoms with E-state index in [4.69, 9.17) is 9.47 Å². The molecule has 2 unspecified atom stereocenters. The molecule has 1 aromatic heterocycles. The fourth-order valence-electron chi connectivity index (χ4n) is 3.20.